The number of rotatable bonds is 2. The van der Waals surface area contributed by atoms with Crippen molar-refractivity contribution in [2.24, 2.45) is 5.73 Å². The normalized spacial score (nSPS) is 12.3. The van der Waals surface area contributed by atoms with Crippen molar-refractivity contribution in [2.75, 3.05) is 6.54 Å². The van der Waals surface area contributed by atoms with Gasteiger partial charge in [0, 0.05) is 12.1 Å². The fourth-order valence-electron chi connectivity index (χ4n) is 1.03. The van der Waals surface area contributed by atoms with E-state index < -0.39 is 17.6 Å². The van der Waals surface area contributed by atoms with Gasteiger partial charge in [0.2, 0.25) is 0 Å². The summed E-state index contributed by atoms with van der Waals surface area (Å²) < 4.78 is 49.6. The van der Waals surface area contributed by atoms with Gasteiger partial charge in [-0.1, -0.05) is 18.2 Å². The van der Waals surface area contributed by atoms with Gasteiger partial charge in [-0.3, -0.25) is 0 Å². The maximum Gasteiger partial charge on any atom is 0.416 e. The molecule has 15 heavy (non-hydrogen) atoms. The molecule has 1 aromatic rings. The van der Waals surface area contributed by atoms with Gasteiger partial charge in [0.15, 0.2) is 0 Å². The van der Waals surface area contributed by atoms with E-state index in [4.69, 9.17) is 5.73 Å². The Bertz CT molecular complexity index is 368. The third-order valence-corrected chi connectivity index (χ3v) is 1.76. The van der Waals surface area contributed by atoms with E-state index in [2.05, 4.69) is 0 Å². The molecule has 5 heteroatoms. The Hall–Kier alpha value is -1.36. The Morgan fingerprint density at radius 1 is 1.27 bits per heavy atom. The summed E-state index contributed by atoms with van der Waals surface area (Å²) in [6, 6.07) is 2.37. The van der Waals surface area contributed by atoms with Crippen molar-refractivity contribution in [3.8, 4) is 0 Å². The van der Waals surface area contributed by atoms with Crippen molar-refractivity contribution < 1.29 is 17.6 Å². The standard InChI is InChI=1S/C10H9F4N/c11-9-6-8(10(12,13)14)4-3-7(9)2-1-5-15/h1-4,6H,5,15H2/b2-1+. The van der Waals surface area contributed by atoms with Crippen LogP contribution in [0.25, 0.3) is 6.08 Å². The summed E-state index contributed by atoms with van der Waals surface area (Å²) in [4.78, 5) is 0. The second-order valence-electron chi connectivity index (χ2n) is 2.87. The van der Waals surface area contributed by atoms with Crippen LogP contribution in [0.15, 0.2) is 24.3 Å². The maximum absolute atomic E-state index is 13.1. The first-order chi connectivity index (χ1) is 6.95. The number of hydrogen-bond acceptors (Lipinski definition) is 1. The average Bonchev–Trinajstić information content (AvgIpc) is 2.14. The fourth-order valence-corrected chi connectivity index (χ4v) is 1.03. The van der Waals surface area contributed by atoms with Crippen LogP contribution in [0.3, 0.4) is 0 Å². The third kappa shape index (κ3) is 3.06. The molecule has 0 aromatic heterocycles. The van der Waals surface area contributed by atoms with Crippen LogP contribution in [0.5, 0.6) is 0 Å². The zero-order chi connectivity index (χ0) is 11.5. The number of benzene rings is 1. The predicted molar refractivity (Wildman–Crippen MR) is 49.5 cm³/mol. The van der Waals surface area contributed by atoms with E-state index in [1.807, 2.05) is 0 Å². The molecule has 0 spiro atoms. The molecule has 0 aliphatic carbocycles. The molecule has 0 aliphatic heterocycles. The fraction of sp³-hybridized carbons (Fsp3) is 0.200. The van der Waals surface area contributed by atoms with Gasteiger partial charge < -0.3 is 5.73 Å². The first-order valence-electron chi connectivity index (χ1n) is 4.18. The largest absolute Gasteiger partial charge is 0.416 e. The van der Waals surface area contributed by atoms with E-state index in [1.165, 1.54) is 12.2 Å². The summed E-state index contributed by atoms with van der Waals surface area (Å²) in [7, 11) is 0. The number of halogens is 4. The topological polar surface area (TPSA) is 26.0 Å². The van der Waals surface area contributed by atoms with E-state index in [1.54, 1.807) is 0 Å². The van der Waals surface area contributed by atoms with Gasteiger partial charge in [0.05, 0.1) is 5.56 Å². The van der Waals surface area contributed by atoms with Crippen LogP contribution < -0.4 is 5.73 Å². The molecule has 2 N–H and O–H groups in total. The van der Waals surface area contributed by atoms with Crippen LogP contribution in [0.4, 0.5) is 17.6 Å². The Kier molecular flexibility index (Phi) is 3.47. The van der Waals surface area contributed by atoms with E-state index in [0.29, 0.717) is 6.07 Å². The van der Waals surface area contributed by atoms with Gasteiger partial charge in [-0.05, 0) is 12.1 Å². The second-order valence-corrected chi connectivity index (χ2v) is 2.87. The van der Waals surface area contributed by atoms with Crippen LogP contribution in [-0.2, 0) is 6.18 Å². The molecule has 0 saturated carbocycles. The molecule has 0 heterocycles. The van der Waals surface area contributed by atoms with Gasteiger partial charge in [-0.25, -0.2) is 4.39 Å². The van der Waals surface area contributed by atoms with E-state index in [9.17, 15) is 17.6 Å². The lowest BCUT2D eigenvalue weighted by Crippen LogP contribution is -2.05. The lowest BCUT2D eigenvalue weighted by Gasteiger charge is -2.07. The molecule has 0 radical (unpaired) electrons. The van der Waals surface area contributed by atoms with E-state index in [0.717, 1.165) is 12.1 Å². The quantitative estimate of drug-likeness (QED) is 0.760. The molecule has 1 aromatic carbocycles. The second kappa shape index (κ2) is 4.44. The molecule has 0 bridgehead atoms. The lowest BCUT2D eigenvalue weighted by atomic mass is 10.1. The molecular formula is C10H9F4N. The number of alkyl halides is 3. The smallest absolute Gasteiger partial charge is 0.327 e. The maximum atomic E-state index is 13.1. The molecular weight excluding hydrogens is 210 g/mol. The summed E-state index contributed by atoms with van der Waals surface area (Å²) in [5.74, 6) is -0.908. The van der Waals surface area contributed by atoms with Crippen LogP contribution in [0, 0.1) is 5.82 Å². The summed E-state index contributed by atoms with van der Waals surface area (Å²) >= 11 is 0. The molecule has 0 saturated heterocycles. The molecule has 0 unspecified atom stereocenters. The zero-order valence-electron chi connectivity index (χ0n) is 7.68. The Labute approximate surface area is 84.2 Å². The summed E-state index contributed by atoms with van der Waals surface area (Å²) in [6.07, 6.45) is -1.71. The minimum Gasteiger partial charge on any atom is -0.327 e. The first-order valence-corrected chi connectivity index (χ1v) is 4.18. The Balaban J connectivity index is 3.04. The highest BCUT2D eigenvalue weighted by atomic mass is 19.4. The van der Waals surface area contributed by atoms with Crippen LogP contribution in [0.2, 0.25) is 0 Å². The van der Waals surface area contributed by atoms with Gasteiger partial charge in [-0.15, -0.1) is 0 Å². The predicted octanol–water partition coefficient (Wildman–Crippen LogP) is 2.82. The zero-order valence-corrected chi connectivity index (χ0v) is 7.68. The molecule has 1 rings (SSSR count). The molecule has 0 amide bonds. The van der Waals surface area contributed by atoms with Gasteiger partial charge in [0.25, 0.3) is 0 Å². The van der Waals surface area contributed by atoms with Crippen molar-refractivity contribution in [3.63, 3.8) is 0 Å². The lowest BCUT2D eigenvalue weighted by molar-refractivity contribution is -0.137. The highest BCUT2D eigenvalue weighted by Crippen LogP contribution is 2.30. The van der Waals surface area contributed by atoms with Crippen LogP contribution in [0.1, 0.15) is 11.1 Å². The van der Waals surface area contributed by atoms with Gasteiger partial charge in [-0.2, -0.15) is 13.2 Å². The highest BCUT2D eigenvalue weighted by Gasteiger charge is 2.30. The van der Waals surface area contributed by atoms with Crippen LogP contribution in [-0.4, -0.2) is 6.54 Å². The molecule has 1 nitrogen and oxygen atoms in total. The van der Waals surface area contributed by atoms with Crippen molar-refractivity contribution in [3.05, 3.63) is 41.2 Å². The SMILES string of the molecule is NC/C=C/c1ccc(C(F)(F)F)cc1F. The monoisotopic (exact) mass is 219 g/mol. The van der Waals surface area contributed by atoms with E-state index >= 15 is 0 Å². The minimum atomic E-state index is -4.52. The van der Waals surface area contributed by atoms with Crippen molar-refractivity contribution in [1.82, 2.24) is 0 Å². The summed E-state index contributed by atoms with van der Waals surface area (Å²) in [5.41, 5.74) is 4.23. The Morgan fingerprint density at radius 3 is 2.40 bits per heavy atom. The van der Waals surface area contributed by atoms with Crippen molar-refractivity contribution >= 4 is 6.08 Å². The highest BCUT2D eigenvalue weighted by molar-refractivity contribution is 5.51. The minimum absolute atomic E-state index is 0.0912. The number of hydrogen-bond donors (Lipinski definition) is 1. The average molecular weight is 219 g/mol. The van der Waals surface area contributed by atoms with Crippen molar-refractivity contribution in [2.45, 2.75) is 6.18 Å². The first kappa shape index (κ1) is 11.7. The molecule has 0 atom stereocenters. The van der Waals surface area contributed by atoms with Crippen LogP contribution >= 0.6 is 0 Å². The molecule has 0 aliphatic rings. The molecule has 0 fully saturated rings. The summed E-state index contributed by atoms with van der Waals surface area (Å²) in [5, 5.41) is 0. The van der Waals surface area contributed by atoms with E-state index in [-0.39, 0.29) is 12.1 Å². The van der Waals surface area contributed by atoms with Gasteiger partial charge >= 0.3 is 6.18 Å². The van der Waals surface area contributed by atoms with Crippen molar-refractivity contribution in [1.29, 1.82) is 0 Å². The molecule has 82 valence electrons. The third-order valence-electron chi connectivity index (χ3n) is 1.76. The number of nitrogens with two attached hydrogens (primary N) is 1. The Morgan fingerprint density at radius 2 is 1.93 bits per heavy atom. The summed E-state index contributed by atoms with van der Waals surface area (Å²) in [6.45, 7) is 0.209. The van der Waals surface area contributed by atoms with Gasteiger partial charge in [0.1, 0.15) is 5.82 Å².